The lowest BCUT2D eigenvalue weighted by atomic mass is 10.2. The first-order valence-electron chi connectivity index (χ1n) is 6.41. The molecule has 0 bridgehead atoms. The second kappa shape index (κ2) is 5.54. The predicted molar refractivity (Wildman–Crippen MR) is 78.3 cm³/mol. The van der Waals surface area contributed by atoms with Gasteiger partial charge in [0.2, 0.25) is 0 Å². The number of nitrogens with one attached hydrogen (secondary N) is 1. The van der Waals surface area contributed by atoms with E-state index >= 15 is 0 Å². The first kappa shape index (κ1) is 13.0. The Morgan fingerprint density at radius 1 is 1.24 bits per heavy atom. The van der Waals surface area contributed by atoms with Crippen molar-refractivity contribution in [1.82, 2.24) is 19.5 Å². The normalized spacial score (nSPS) is 10.3. The van der Waals surface area contributed by atoms with Gasteiger partial charge in [-0.3, -0.25) is 14.3 Å². The Balaban J connectivity index is 1.90. The molecule has 0 saturated heterocycles. The summed E-state index contributed by atoms with van der Waals surface area (Å²) >= 11 is 0. The van der Waals surface area contributed by atoms with Gasteiger partial charge in [-0.1, -0.05) is 0 Å². The molecular weight excluding hydrogens is 266 g/mol. The van der Waals surface area contributed by atoms with E-state index in [-0.39, 0.29) is 5.91 Å². The molecule has 0 radical (unpaired) electrons. The van der Waals surface area contributed by atoms with Crippen LogP contribution >= 0.6 is 0 Å². The summed E-state index contributed by atoms with van der Waals surface area (Å²) in [6.45, 7) is 1.92. The highest BCUT2D eigenvalue weighted by molar-refractivity contribution is 6.03. The van der Waals surface area contributed by atoms with E-state index < -0.39 is 0 Å². The molecule has 3 heterocycles. The Labute approximate surface area is 121 Å². The molecule has 0 fully saturated rings. The van der Waals surface area contributed by atoms with Crippen LogP contribution < -0.4 is 5.32 Å². The number of hydrogen-bond acceptors (Lipinski definition) is 4. The number of carbonyl (C=O) groups is 1. The summed E-state index contributed by atoms with van der Waals surface area (Å²) in [6.07, 6.45) is 8.33. The average molecular weight is 279 g/mol. The molecule has 21 heavy (non-hydrogen) atoms. The molecule has 0 aromatic carbocycles. The van der Waals surface area contributed by atoms with Gasteiger partial charge in [-0.25, -0.2) is 9.97 Å². The maximum absolute atomic E-state index is 12.3. The van der Waals surface area contributed by atoms with Crippen molar-refractivity contribution < 1.29 is 4.79 Å². The van der Waals surface area contributed by atoms with Gasteiger partial charge < -0.3 is 5.32 Å². The minimum absolute atomic E-state index is 0.270. The molecule has 1 N–H and O–H groups in total. The monoisotopic (exact) mass is 279 g/mol. The summed E-state index contributed by atoms with van der Waals surface area (Å²) in [6, 6.07) is 7.17. The van der Waals surface area contributed by atoms with Crippen LogP contribution in [-0.4, -0.2) is 25.4 Å². The van der Waals surface area contributed by atoms with Gasteiger partial charge in [0.15, 0.2) is 0 Å². The fourth-order valence-corrected chi connectivity index (χ4v) is 1.92. The van der Waals surface area contributed by atoms with Crippen molar-refractivity contribution in [1.29, 1.82) is 0 Å². The van der Waals surface area contributed by atoms with Gasteiger partial charge in [0.05, 0.1) is 11.9 Å². The third-order valence-corrected chi connectivity index (χ3v) is 2.88. The molecule has 6 heteroatoms. The molecule has 0 aliphatic carbocycles. The SMILES string of the molecule is Cc1cc(C(=O)Nc2cccnc2)nc(-n2ccnc2)c1. The molecule has 3 aromatic heterocycles. The summed E-state index contributed by atoms with van der Waals surface area (Å²) in [7, 11) is 0. The lowest BCUT2D eigenvalue weighted by Gasteiger charge is -2.08. The second-order valence-electron chi connectivity index (χ2n) is 4.55. The first-order valence-corrected chi connectivity index (χ1v) is 6.41. The topological polar surface area (TPSA) is 72.7 Å². The van der Waals surface area contributed by atoms with Crippen LogP contribution in [0.15, 0.2) is 55.4 Å². The van der Waals surface area contributed by atoms with Gasteiger partial charge in [-0.05, 0) is 36.8 Å². The van der Waals surface area contributed by atoms with E-state index in [9.17, 15) is 4.79 Å². The zero-order chi connectivity index (χ0) is 14.7. The Hall–Kier alpha value is -3.02. The Morgan fingerprint density at radius 2 is 2.14 bits per heavy atom. The van der Waals surface area contributed by atoms with Crippen LogP contribution in [0.2, 0.25) is 0 Å². The van der Waals surface area contributed by atoms with Crippen molar-refractivity contribution in [3.05, 3.63) is 66.6 Å². The van der Waals surface area contributed by atoms with Crippen molar-refractivity contribution in [2.75, 3.05) is 5.32 Å². The molecule has 0 saturated carbocycles. The zero-order valence-corrected chi connectivity index (χ0v) is 11.4. The summed E-state index contributed by atoms with van der Waals surface area (Å²) in [5, 5.41) is 2.77. The summed E-state index contributed by atoms with van der Waals surface area (Å²) in [4.78, 5) is 24.6. The highest BCUT2D eigenvalue weighted by atomic mass is 16.1. The van der Waals surface area contributed by atoms with Crippen molar-refractivity contribution in [2.45, 2.75) is 6.92 Å². The van der Waals surface area contributed by atoms with Gasteiger partial charge in [-0.2, -0.15) is 0 Å². The minimum atomic E-state index is -0.270. The molecule has 3 rings (SSSR count). The molecule has 3 aromatic rings. The maximum atomic E-state index is 12.3. The van der Waals surface area contributed by atoms with Crippen LogP contribution in [0.25, 0.3) is 5.82 Å². The number of amides is 1. The third kappa shape index (κ3) is 2.94. The predicted octanol–water partition coefficient (Wildman–Crippen LogP) is 2.22. The van der Waals surface area contributed by atoms with Gasteiger partial charge >= 0.3 is 0 Å². The largest absolute Gasteiger partial charge is 0.319 e. The van der Waals surface area contributed by atoms with Crippen LogP contribution in [-0.2, 0) is 0 Å². The molecule has 6 nitrogen and oxygen atoms in total. The Morgan fingerprint density at radius 3 is 2.86 bits per heavy atom. The second-order valence-corrected chi connectivity index (χ2v) is 4.55. The molecule has 0 aliphatic heterocycles. The van der Waals surface area contributed by atoms with Crippen LogP contribution in [0.3, 0.4) is 0 Å². The number of pyridine rings is 2. The number of imidazole rings is 1. The highest BCUT2D eigenvalue weighted by Gasteiger charge is 2.10. The number of nitrogens with zero attached hydrogens (tertiary/aromatic N) is 4. The molecule has 0 atom stereocenters. The highest BCUT2D eigenvalue weighted by Crippen LogP contribution is 2.12. The Bertz CT molecular complexity index is 753. The fraction of sp³-hybridized carbons (Fsp3) is 0.0667. The molecule has 0 spiro atoms. The van der Waals surface area contributed by atoms with Gasteiger partial charge in [0.25, 0.3) is 5.91 Å². The van der Waals surface area contributed by atoms with E-state index in [0.717, 1.165) is 5.56 Å². The number of anilines is 1. The molecular formula is C15H13N5O. The van der Waals surface area contributed by atoms with Gasteiger partial charge in [-0.15, -0.1) is 0 Å². The van der Waals surface area contributed by atoms with Crippen molar-refractivity contribution in [2.24, 2.45) is 0 Å². The summed E-state index contributed by atoms with van der Waals surface area (Å²) in [5.41, 5.74) is 1.93. The molecule has 0 aliphatic rings. The number of hydrogen-bond donors (Lipinski definition) is 1. The maximum Gasteiger partial charge on any atom is 0.274 e. The van der Waals surface area contributed by atoms with Crippen LogP contribution in [0.5, 0.6) is 0 Å². The molecule has 1 amide bonds. The van der Waals surface area contributed by atoms with Crippen molar-refractivity contribution in [3.8, 4) is 5.82 Å². The summed E-state index contributed by atoms with van der Waals surface area (Å²) < 4.78 is 1.76. The summed E-state index contributed by atoms with van der Waals surface area (Å²) in [5.74, 6) is 0.386. The van der Waals surface area contributed by atoms with E-state index in [1.54, 1.807) is 53.9 Å². The van der Waals surface area contributed by atoms with Crippen molar-refractivity contribution >= 4 is 11.6 Å². The van der Waals surface area contributed by atoms with E-state index in [0.29, 0.717) is 17.2 Å². The fourth-order valence-electron chi connectivity index (χ4n) is 1.92. The van der Waals surface area contributed by atoms with Crippen LogP contribution in [0.4, 0.5) is 5.69 Å². The quantitative estimate of drug-likeness (QED) is 0.798. The smallest absolute Gasteiger partial charge is 0.274 e. The number of carbonyl (C=O) groups excluding carboxylic acids is 1. The number of aromatic nitrogens is 4. The standard InChI is InChI=1S/C15H13N5O/c1-11-7-13(15(21)18-12-3-2-4-16-9-12)19-14(8-11)20-6-5-17-10-20/h2-10H,1H3,(H,18,21). The number of rotatable bonds is 3. The van der Waals surface area contributed by atoms with E-state index in [1.165, 1.54) is 0 Å². The Kier molecular flexibility index (Phi) is 3.42. The van der Waals surface area contributed by atoms with E-state index in [4.69, 9.17) is 0 Å². The lowest BCUT2D eigenvalue weighted by Crippen LogP contribution is -2.15. The zero-order valence-electron chi connectivity index (χ0n) is 11.4. The van der Waals surface area contributed by atoms with Gasteiger partial charge in [0, 0.05) is 18.6 Å². The molecule has 104 valence electrons. The van der Waals surface area contributed by atoms with Crippen molar-refractivity contribution in [3.63, 3.8) is 0 Å². The van der Waals surface area contributed by atoms with E-state index in [2.05, 4.69) is 20.3 Å². The lowest BCUT2D eigenvalue weighted by molar-refractivity contribution is 0.102. The van der Waals surface area contributed by atoms with Crippen LogP contribution in [0.1, 0.15) is 16.1 Å². The first-order chi connectivity index (χ1) is 10.2. The minimum Gasteiger partial charge on any atom is -0.319 e. The van der Waals surface area contributed by atoms with Crippen LogP contribution in [0, 0.1) is 6.92 Å². The third-order valence-electron chi connectivity index (χ3n) is 2.88. The van der Waals surface area contributed by atoms with E-state index in [1.807, 2.05) is 13.0 Å². The van der Waals surface area contributed by atoms with Gasteiger partial charge in [0.1, 0.15) is 17.8 Å². The average Bonchev–Trinajstić information content (AvgIpc) is 3.02. The number of aryl methyl sites for hydroxylation is 1. The molecule has 0 unspecified atom stereocenters.